The van der Waals surface area contributed by atoms with Crippen LogP contribution in [0.2, 0.25) is 0 Å². The number of pyridine rings is 1. The van der Waals surface area contributed by atoms with Crippen molar-refractivity contribution in [1.29, 1.82) is 0 Å². The molecule has 2 aromatic rings. The number of carbonyl (C=O) groups is 1. The van der Waals surface area contributed by atoms with Gasteiger partial charge in [0.1, 0.15) is 5.82 Å². The van der Waals surface area contributed by atoms with Gasteiger partial charge in [-0.15, -0.1) is 11.3 Å². The van der Waals surface area contributed by atoms with Crippen LogP contribution in [0, 0.1) is 6.92 Å². The lowest BCUT2D eigenvalue weighted by Gasteiger charge is -2.17. The van der Waals surface area contributed by atoms with Crippen molar-refractivity contribution < 1.29 is 4.79 Å². The molecule has 1 N–H and O–H groups in total. The van der Waals surface area contributed by atoms with Gasteiger partial charge in [-0.2, -0.15) is 0 Å². The van der Waals surface area contributed by atoms with E-state index in [0.717, 1.165) is 27.4 Å². The van der Waals surface area contributed by atoms with Gasteiger partial charge in [0.25, 0.3) is 5.91 Å². The van der Waals surface area contributed by atoms with Gasteiger partial charge in [0.2, 0.25) is 0 Å². The highest BCUT2D eigenvalue weighted by Gasteiger charge is 2.14. The van der Waals surface area contributed by atoms with Gasteiger partial charge in [0, 0.05) is 31.4 Å². The predicted molar refractivity (Wildman–Crippen MR) is 91.0 cm³/mol. The zero-order chi connectivity index (χ0) is 15.4. The third-order valence-electron chi connectivity index (χ3n) is 2.95. The average molecular weight is 368 g/mol. The number of aryl methyl sites for hydroxylation is 1. The molecule has 6 heteroatoms. The SMILES string of the molecule is CCNc1cc(C(=O)N(C)Cc2csc(Br)c2)cc(C)n1. The van der Waals surface area contributed by atoms with Crippen LogP contribution in [0.25, 0.3) is 0 Å². The second-order valence-corrected chi connectivity index (χ2v) is 7.12. The first-order chi connectivity index (χ1) is 9.99. The summed E-state index contributed by atoms with van der Waals surface area (Å²) in [4.78, 5) is 18.6. The minimum absolute atomic E-state index is 0.00183. The molecule has 0 saturated heterocycles. The molecule has 2 rings (SSSR count). The largest absolute Gasteiger partial charge is 0.370 e. The summed E-state index contributed by atoms with van der Waals surface area (Å²) in [6.07, 6.45) is 0. The van der Waals surface area contributed by atoms with Crippen LogP contribution >= 0.6 is 27.3 Å². The first-order valence-corrected chi connectivity index (χ1v) is 8.37. The summed E-state index contributed by atoms with van der Waals surface area (Å²) < 4.78 is 1.08. The molecule has 1 amide bonds. The zero-order valence-electron chi connectivity index (χ0n) is 12.3. The summed E-state index contributed by atoms with van der Waals surface area (Å²) in [6.45, 7) is 5.28. The molecule has 112 valence electrons. The molecule has 0 bridgehead atoms. The molecular formula is C15H18BrN3OS. The molecule has 0 aliphatic carbocycles. The number of carbonyl (C=O) groups excluding carboxylic acids is 1. The molecule has 0 aliphatic rings. The summed E-state index contributed by atoms with van der Waals surface area (Å²) in [5.41, 5.74) is 2.62. The van der Waals surface area contributed by atoms with E-state index in [4.69, 9.17) is 0 Å². The number of hydrogen-bond donors (Lipinski definition) is 1. The van der Waals surface area contributed by atoms with Crippen molar-refractivity contribution in [2.45, 2.75) is 20.4 Å². The van der Waals surface area contributed by atoms with Crippen molar-refractivity contribution in [2.75, 3.05) is 18.9 Å². The van der Waals surface area contributed by atoms with E-state index in [-0.39, 0.29) is 5.91 Å². The molecular weight excluding hydrogens is 350 g/mol. The summed E-state index contributed by atoms with van der Waals surface area (Å²) in [7, 11) is 1.82. The van der Waals surface area contributed by atoms with E-state index < -0.39 is 0 Å². The van der Waals surface area contributed by atoms with Crippen LogP contribution in [0.1, 0.15) is 28.5 Å². The van der Waals surface area contributed by atoms with E-state index in [2.05, 4.69) is 31.6 Å². The molecule has 0 unspecified atom stereocenters. The lowest BCUT2D eigenvalue weighted by Crippen LogP contribution is -2.26. The lowest BCUT2D eigenvalue weighted by atomic mass is 10.2. The molecule has 2 aromatic heterocycles. The number of amides is 1. The van der Waals surface area contributed by atoms with Gasteiger partial charge < -0.3 is 10.2 Å². The second kappa shape index (κ2) is 7.04. The Balaban J connectivity index is 2.14. The number of nitrogens with one attached hydrogen (secondary N) is 1. The Hall–Kier alpha value is -1.40. The minimum atomic E-state index is 0.00183. The van der Waals surface area contributed by atoms with Gasteiger partial charge >= 0.3 is 0 Å². The maximum atomic E-state index is 12.5. The van der Waals surface area contributed by atoms with E-state index in [1.54, 1.807) is 22.3 Å². The van der Waals surface area contributed by atoms with Crippen LogP contribution in [0.4, 0.5) is 5.82 Å². The molecule has 0 radical (unpaired) electrons. The molecule has 0 spiro atoms. The number of aromatic nitrogens is 1. The fourth-order valence-corrected chi connectivity index (χ4v) is 3.26. The van der Waals surface area contributed by atoms with E-state index in [9.17, 15) is 4.79 Å². The van der Waals surface area contributed by atoms with Crippen molar-refractivity contribution >= 4 is 39.0 Å². The summed E-state index contributed by atoms with van der Waals surface area (Å²) in [6, 6.07) is 5.67. The van der Waals surface area contributed by atoms with Gasteiger partial charge in [-0.05, 0) is 58.9 Å². The van der Waals surface area contributed by atoms with Gasteiger partial charge in [-0.1, -0.05) is 0 Å². The smallest absolute Gasteiger partial charge is 0.254 e. The van der Waals surface area contributed by atoms with Crippen LogP contribution in [0.3, 0.4) is 0 Å². The van der Waals surface area contributed by atoms with Crippen LogP contribution in [-0.2, 0) is 6.54 Å². The zero-order valence-corrected chi connectivity index (χ0v) is 14.7. The van der Waals surface area contributed by atoms with Crippen LogP contribution in [0.15, 0.2) is 27.4 Å². The Morgan fingerprint density at radius 2 is 2.19 bits per heavy atom. The minimum Gasteiger partial charge on any atom is -0.370 e. The van der Waals surface area contributed by atoms with E-state index in [1.807, 2.05) is 33.0 Å². The van der Waals surface area contributed by atoms with Gasteiger partial charge in [-0.3, -0.25) is 4.79 Å². The number of hydrogen-bond acceptors (Lipinski definition) is 4. The molecule has 0 aliphatic heterocycles. The summed E-state index contributed by atoms with van der Waals surface area (Å²) >= 11 is 5.06. The Labute approximate surface area is 137 Å². The first kappa shape index (κ1) is 16.0. The molecule has 0 atom stereocenters. The van der Waals surface area contributed by atoms with Crippen LogP contribution < -0.4 is 5.32 Å². The number of thiophene rings is 1. The van der Waals surface area contributed by atoms with Crippen molar-refractivity contribution in [1.82, 2.24) is 9.88 Å². The lowest BCUT2D eigenvalue weighted by molar-refractivity contribution is 0.0785. The molecule has 2 heterocycles. The number of rotatable bonds is 5. The Morgan fingerprint density at radius 1 is 1.43 bits per heavy atom. The maximum Gasteiger partial charge on any atom is 0.254 e. The van der Waals surface area contributed by atoms with Crippen molar-refractivity contribution in [3.05, 3.63) is 44.2 Å². The fraction of sp³-hybridized carbons (Fsp3) is 0.333. The van der Waals surface area contributed by atoms with E-state index in [1.165, 1.54) is 0 Å². The molecule has 4 nitrogen and oxygen atoms in total. The highest BCUT2D eigenvalue weighted by Crippen LogP contribution is 2.22. The predicted octanol–water partition coefficient (Wildman–Crippen LogP) is 3.92. The molecule has 21 heavy (non-hydrogen) atoms. The van der Waals surface area contributed by atoms with Crippen molar-refractivity contribution in [3.8, 4) is 0 Å². The van der Waals surface area contributed by atoms with Crippen molar-refractivity contribution in [3.63, 3.8) is 0 Å². The van der Waals surface area contributed by atoms with Crippen molar-refractivity contribution in [2.24, 2.45) is 0 Å². The monoisotopic (exact) mass is 367 g/mol. The number of anilines is 1. The Kier molecular flexibility index (Phi) is 5.36. The Bertz CT molecular complexity index is 642. The van der Waals surface area contributed by atoms with Gasteiger partial charge in [0.05, 0.1) is 3.79 Å². The van der Waals surface area contributed by atoms with Crippen LogP contribution in [-0.4, -0.2) is 29.4 Å². The summed E-state index contributed by atoms with van der Waals surface area (Å²) in [5.74, 6) is 0.745. The quantitative estimate of drug-likeness (QED) is 0.870. The van der Waals surface area contributed by atoms with Gasteiger partial charge in [-0.25, -0.2) is 4.98 Å². The second-order valence-electron chi connectivity index (χ2n) is 4.83. The van der Waals surface area contributed by atoms with E-state index >= 15 is 0 Å². The average Bonchev–Trinajstić information content (AvgIpc) is 2.83. The van der Waals surface area contributed by atoms with Crippen LogP contribution in [0.5, 0.6) is 0 Å². The highest BCUT2D eigenvalue weighted by molar-refractivity contribution is 9.11. The highest BCUT2D eigenvalue weighted by atomic mass is 79.9. The third kappa shape index (κ3) is 4.28. The van der Waals surface area contributed by atoms with E-state index in [0.29, 0.717) is 12.1 Å². The number of halogens is 1. The molecule has 0 saturated carbocycles. The topological polar surface area (TPSA) is 45.2 Å². The third-order valence-corrected chi connectivity index (χ3v) is 4.50. The fourth-order valence-electron chi connectivity index (χ4n) is 2.06. The molecule has 0 fully saturated rings. The summed E-state index contributed by atoms with van der Waals surface area (Å²) in [5, 5.41) is 5.20. The standard InChI is InChI=1S/C15H18BrN3OS/c1-4-17-14-7-12(5-10(2)18-14)15(20)19(3)8-11-6-13(16)21-9-11/h5-7,9H,4,8H2,1-3H3,(H,17,18). The first-order valence-electron chi connectivity index (χ1n) is 6.70. The van der Waals surface area contributed by atoms with Gasteiger partial charge in [0.15, 0.2) is 0 Å². The number of nitrogens with zero attached hydrogens (tertiary/aromatic N) is 2. The Morgan fingerprint density at radius 3 is 2.81 bits per heavy atom. The maximum absolute atomic E-state index is 12.5. The molecule has 0 aromatic carbocycles. The normalized spacial score (nSPS) is 10.5.